The Balaban J connectivity index is 2.34. The molecular weight excluding hydrogens is 274 g/mol. The van der Waals surface area contributed by atoms with Crippen LogP contribution in [0.2, 0.25) is 0 Å². The highest BCUT2D eigenvalue weighted by Gasteiger charge is 2.09. The van der Waals surface area contributed by atoms with E-state index >= 15 is 0 Å². The van der Waals surface area contributed by atoms with E-state index in [2.05, 4.69) is 11.4 Å². The summed E-state index contributed by atoms with van der Waals surface area (Å²) in [4.78, 5) is 23.9. The molecule has 1 amide bonds. The summed E-state index contributed by atoms with van der Waals surface area (Å²) in [6, 6.07) is 6.12. The van der Waals surface area contributed by atoms with Crippen LogP contribution < -0.4 is 5.32 Å². The maximum atomic E-state index is 11.6. The molecule has 1 aromatic rings. The Labute approximate surface area is 124 Å². The average molecular weight is 295 g/mol. The Morgan fingerprint density at radius 3 is 2.60 bits per heavy atom. The number of esters is 1. The topological polar surface area (TPSA) is 55.4 Å². The predicted octanol–water partition coefficient (Wildman–Crippen LogP) is 2.46. The van der Waals surface area contributed by atoms with Crippen molar-refractivity contribution in [1.29, 1.82) is 0 Å². The van der Waals surface area contributed by atoms with Gasteiger partial charge in [-0.25, -0.2) is 0 Å². The van der Waals surface area contributed by atoms with Crippen LogP contribution in [-0.4, -0.2) is 30.3 Å². The molecule has 0 aliphatic carbocycles. The fourth-order valence-corrected chi connectivity index (χ4v) is 2.46. The summed E-state index contributed by atoms with van der Waals surface area (Å²) in [5, 5.41) is 2.66. The zero-order valence-corrected chi connectivity index (χ0v) is 13.2. The third-order valence-electron chi connectivity index (χ3n) is 2.49. The number of rotatable bonds is 6. The van der Waals surface area contributed by atoms with E-state index in [4.69, 9.17) is 4.74 Å². The molecule has 0 aromatic heterocycles. The lowest BCUT2D eigenvalue weighted by atomic mass is 10.2. The lowest BCUT2D eigenvalue weighted by molar-refractivity contribution is -0.146. The third kappa shape index (κ3) is 6.10. The van der Waals surface area contributed by atoms with E-state index in [1.165, 1.54) is 17.3 Å². The first-order chi connectivity index (χ1) is 9.38. The Morgan fingerprint density at radius 1 is 1.30 bits per heavy atom. The van der Waals surface area contributed by atoms with Crippen molar-refractivity contribution >= 4 is 23.6 Å². The first-order valence-corrected chi connectivity index (χ1v) is 7.52. The summed E-state index contributed by atoms with van der Waals surface area (Å²) in [6.45, 7) is 7.54. The van der Waals surface area contributed by atoms with Crippen LogP contribution in [0.25, 0.3) is 0 Å². The normalized spacial score (nSPS) is 10.4. The lowest BCUT2D eigenvalue weighted by Crippen LogP contribution is -2.34. The number of ether oxygens (including phenoxy) is 1. The third-order valence-corrected chi connectivity index (χ3v) is 3.64. The Bertz CT molecular complexity index is 486. The van der Waals surface area contributed by atoms with Crippen LogP contribution in [0, 0.1) is 13.8 Å². The summed E-state index contributed by atoms with van der Waals surface area (Å²) >= 11 is 1.42. The van der Waals surface area contributed by atoms with Crippen molar-refractivity contribution in [3.8, 4) is 0 Å². The monoisotopic (exact) mass is 295 g/mol. The molecule has 5 heteroatoms. The number of thioether (sulfide) groups is 1. The number of carbonyl (C=O) groups is 2. The summed E-state index contributed by atoms with van der Waals surface area (Å²) < 4.78 is 4.92. The van der Waals surface area contributed by atoms with Gasteiger partial charge >= 0.3 is 5.97 Å². The fourth-order valence-electron chi connectivity index (χ4n) is 1.65. The van der Waals surface area contributed by atoms with Gasteiger partial charge in [0.1, 0.15) is 0 Å². The highest BCUT2D eigenvalue weighted by molar-refractivity contribution is 8.00. The quantitative estimate of drug-likeness (QED) is 0.647. The average Bonchev–Trinajstić information content (AvgIpc) is 2.34. The molecule has 1 aromatic carbocycles. The second kappa shape index (κ2) is 7.94. The SMILES string of the molecule is Cc1ccc(SCC(=O)OCC(=O)NC(C)C)c(C)c1. The lowest BCUT2D eigenvalue weighted by Gasteiger charge is -2.09. The van der Waals surface area contributed by atoms with E-state index in [1.54, 1.807) is 0 Å². The van der Waals surface area contributed by atoms with E-state index in [-0.39, 0.29) is 30.3 Å². The van der Waals surface area contributed by atoms with Crippen LogP contribution >= 0.6 is 11.8 Å². The van der Waals surface area contributed by atoms with Gasteiger partial charge < -0.3 is 10.1 Å². The largest absolute Gasteiger partial charge is 0.455 e. The van der Waals surface area contributed by atoms with Gasteiger partial charge in [0, 0.05) is 10.9 Å². The number of benzene rings is 1. The Hall–Kier alpha value is -1.49. The van der Waals surface area contributed by atoms with Gasteiger partial charge in [0.2, 0.25) is 0 Å². The van der Waals surface area contributed by atoms with E-state index < -0.39 is 0 Å². The van der Waals surface area contributed by atoms with Crippen LogP contribution in [0.4, 0.5) is 0 Å². The maximum Gasteiger partial charge on any atom is 0.316 e. The molecular formula is C15H21NO3S. The molecule has 0 saturated carbocycles. The van der Waals surface area contributed by atoms with Gasteiger partial charge in [-0.1, -0.05) is 17.7 Å². The van der Waals surface area contributed by atoms with Crippen molar-refractivity contribution in [3.05, 3.63) is 29.3 Å². The van der Waals surface area contributed by atoms with Gasteiger partial charge in [0.25, 0.3) is 5.91 Å². The van der Waals surface area contributed by atoms with E-state index in [0.717, 1.165) is 10.5 Å². The van der Waals surface area contributed by atoms with Crippen molar-refractivity contribution < 1.29 is 14.3 Å². The molecule has 0 heterocycles. The van der Waals surface area contributed by atoms with E-state index in [0.29, 0.717) is 0 Å². The summed E-state index contributed by atoms with van der Waals surface area (Å²) in [7, 11) is 0. The van der Waals surface area contributed by atoms with E-state index in [9.17, 15) is 9.59 Å². The van der Waals surface area contributed by atoms with Gasteiger partial charge in [-0.2, -0.15) is 0 Å². The number of nitrogens with one attached hydrogen (secondary N) is 1. The van der Waals surface area contributed by atoms with Crippen molar-refractivity contribution in [1.82, 2.24) is 5.32 Å². The molecule has 0 aliphatic heterocycles. The Kier molecular flexibility index (Phi) is 6.58. The number of hydrogen-bond acceptors (Lipinski definition) is 4. The molecule has 1 rings (SSSR count). The maximum absolute atomic E-state index is 11.6. The summed E-state index contributed by atoms with van der Waals surface area (Å²) in [5.74, 6) is -0.447. The molecule has 4 nitrogen and oxygen atoms in total. The molecule has 0 radical (unpaired) electrons. The minimum absolute atomic E-state index is 0.0470. The standard InChI is InChI=1S/C15H21NO3S/c1-10(2)16-14(17)8-19-15(18)9-20-13-6-5-11(3)7-12(13)4/h5-7,10H,8-9H2,1-4H3,(H,16,17). The van der Waals surface area contributed by atoms with Crippen LogP contribution in [0.3, 0.4) is 0 Å². The minimum Gasteiger partial charge on any atom is -0.455 e. The highest BCUT2D eigenvalue weighted by Crippen LogP contribution is 2.23. The summed E-state index contributed by atoms with van der Waals surface area (Å²) in [6.07, 6.45) is 0. The molecule has 0 unspecified atom stereocenters. The Morgan fingerprint density at radius 2 is 2.00 bits per heavy atom. The molecule has 0 spiro atoms. The van der Waals surface area contributed by atoms with Gasteiger partial charge in [0.05, 0.1) is 5.75 Å². The number of amides is 1. The highest BCUT2D eigenvalue weighted by atomic mass is 32.2. The van der Waals surface area contributed by atoms with Crippen LogP contribution in [-0.2, 0) is 14.3 Å². The number of hydrogen-bond donors (Lipinski definition) is 1. The van der Waals surface area contributed by atoms with Crippen LogP contribution in [0.5, 0.6) is 0 Å². The number of carbonyl (C=O) groups excluding carboxylic acids is 2. The van der Waals surface area contributed by atoms with Crippen molar-refractivity contribution in [2.24, 2.45) is 0 Å². The van der Waals surface area contributed by atoms with Gasteiger partial charge in [-0.15, -0.1) is 11.8 Å². The molecule has 110 valence electrons. The zero-order chi connectivity index (χ0) is 15.1. The van der Waals surface area contributed by atoms with Gasteiger partial charge in [-0.05, 0) is 39.3 Å². The first-order valence-electron chi connectivity index (χ1n) is 6.53. The fraction of sp³-hybridized carbons (Fsp3) is 0.467. The van der Waals surface area contributed by atoms with Gasteiger partial charge in [0.15, 0.2) is 6.61 Å². The predicted molar refractivity (Wildman–Crippen MR) is 80.9 cm³/mol. The molecule has 0 bridgehead atoms. The molecule has 20 heavy (non-hydrogen) atoms. The van der Waals surface area contributed by atoms with Crippen LogP contribution in [0.1, 0.15) is 25.0 Å². The number of aryl methyl sites for hydroxylation is 2. The first kappa shape index (κ1) is 16.6. The molecule has 0 atom stereocenters. The minimum atomic E-state index is -0.381. The molecule has 0 aliphatic rings. The summed E-state index contributed by atoms with van der Waals surface area (Å²) in [5.41, 5.74) is 2.33. The van der Waals surface area contributed by atoms with Crippen LogP contribution in [0.15, 0.2) is 23.1 Å². The van der Waals surface area contributed by atoms with Gasteiger partial charge in [-0.3, -0.25) is 9.59 Å². The second-order valence-electron chi connectivity index (χ2n) is 4.94. The zero-order valence-electron chi connectivity index (χ0n) is 12.4. The molecule has 0 saturated heterocycles. The second-order valence-corrected chi connectivity index (χ2v) is 5.96. The van der Waals surface area contributed by atoms with Crippen molar-refractivity contribution in [2.45, 2.75) is 38.6 Å². The molecule has 1 N–H and O–H groups in total. The van der Waals surface area contributed by atoms with Crippen molar-refractivity contribution in [2.75, 3.05) is 12.4 Å². The smallest absolute Gasteiger partial charge is 0.316 e. The molecule has 0 fully saturated rings. The van der Waals surface area contributed by atoms with Crippen molar-refractivity contribution in [3.63, 3.8) is 0 Å². The van der Waals surface area contributed by atoms with E-state index in [1.807, 2.05) is 39.8 Å².